The quantitative estimate of drug-likeness (QED) is 0.549. The monoisotopic (exact) mass is 168 g/mol. The molecule has 0 aliphatic heterocycles. The average Bonchev–Trinajstić information content (AvgIpc) is 1.95. The third-order valence-corrected chi connectivity index (χ3v) is 4.57. The van der Waals surface area contributed by atoms with Gasteiger partial charge in [0.25, 0.3) is 0 Å². The first-order valence-electron chi connectivity index (χ1n) is 5.40. The summed E-state index contributed by atoms with van der Waals surface area (Å²) < 4.78 is 0. The first-order valence-corrected chi connectivity index (χ1v) is 5.40. The lowest BCUT2D eigenvalue weighted by Gasteiger charge is -2.51. The van der Waals surface area contributed by atoms with Crippen molar-refractivity contribution in [3.8, 4) is 0 Å². The fourth-order valence-electron chi connectivity index (χ4n) is 2.75. The molecule has 1 fully saturated rings. The molecule has 0 spiro atoms. The second-order valence-corrected chi connectivity index (χ2v) is 5.66. The predicted molar refractivity (Wildman–Crippen MR) is 55.2 cm³/mol. The third kappa shape index (κ3) is 1.41. The van der Waals surface area contributed by atoms with Gasteiger partial charge in [-0.2, -0.15) is 0 Å². The van der Waals surface area contributed by atoms with Crippen LogP contribution in [0, 0.1) is 16.7 Å². The van der Waals surface area contributed by atoms with Crippen molar-refractivity contribution in [1.82, 2.24) is 0 Å². The highest BCUT2D eigenvalue weighted by Crippen LogP contribution is 2.54. The maximum atomic E-state index is 2.48. The highest BCUT2D eigenvalue weighted by Gasteiger charge is 2.44. The molecule has 72 valence electrons. The third-order valence-electron chi connectivity index (χ3n) is 4.57. The lowest BCUT2D eigenvalue weighted by atomic mass is 9.54. The van der Waals surface area contributed by atoms with Crippen LogP contribution in [0.2, 0.25) is 0 Å². The molecule has 0 bridgehead atoms. The van der Waals surface area contributed by atoms with E-state index < -0.39 is 0 Å². The van der Waals surface area contributed by atoms with Crippen LogP contribution in [-0.2, 0) is 0 Å². The van der Waals surface area contributed by atoms with Crippen LogP contribution in [0.4, 0.5) is 0 Å². The summed E-state index contributed by atoms with van der Waals surface area (Å²) in [7, 11) is 0. The van der Waals surface area contributed by atoms with Crippen LogP contribution in [0.5, 0.6) is 0 Å². The Hall–Kier alpha value is 0. The molecule has 0 aromatic carbocycles. The van der Waals surface area contributed by atoms with Crippen LogP contribution in [0.25, 0.3) is 0 Å². The van der Waals surface area contributed by atoms with Crippen LogP contribution in [0.3, 0.4) is 0 Å². The molecule has 0 saturated heterocycles. The predicted octanol–water partition coefficient (Wildman–Crippen LogP) is 4.25. The summed E-state index contributed by atoms with van der Waals surface area (Å²) in [5.74, 6) is 0.827. The number of hydrogen-bond donors (Lipinski definition) is 0. The molecular formula is C12H24. The molecule has 1 aliphatic carbocycles. The molecule has 1 unspecified atom stereocenters. The summed E-state index contributed by atoms with van der Waals surface area (Å²) in [6, 6.07) is 0. The highest BCUT2D eigenvalue weighted by atomic mass is 14.5. The molecule has 0 aromatic rings. The van der Waals surface area contributed by atoms with E-state index in [9.17, 15) is 0 Å². The van der Waals surface area contributed by atoms with E-state index >= 15 is 0 Å². The SMILES string of the molecule is CC(C)C1(C)CCCCC1(C)C. The van der Waals surface area contributed by atoms with E-state index in [1.165, 1.54) is 25.7 Å². The molecule has 0 heteroatoms. The van der Waals surface area contributed by atoms with Crippen molar-refractivity contribution in [1.29, 1.82) is 0 Å². The van der Waals surface area contributed by atoms with Crippen molar-refractivity contribution >= 4 is 0 Å². The Morgan fingerprint density at radius 3 is 1.75 bits per heavy atom. The topological polar surface area (TPSA) is 0 Å². The van der Waals surface area contributed by atoms with Crippen LogP contribution in [-0.4, -0.2) is 0 Å². The van der Waals surface area contributed by atoms with Crippen LogP contribution in [0.1, 0.15) is 60.3 Å². The smallest absolute Gasteiger partial charge is 0.0252 e. The zero-order chi connectivity index (χ0) is 9.41. The van der Waals surface area contributed by atoms with E-state index in [1.54, 1.807) is 0 Å². The van der Waals surface area contributed by atoms with Gasteiger partial charge in [-0.05, 0) is 29.6 Å². The molecule has 0 aromatic heterocycles. The van der Waals surface area contributed by atoms with Crippen LogP contribution < -0.4 is 0 Å². The molecular weight excluding hydrogens is 144 g/mol. The Morgan fingerprint density at radius 1 is 0.917 bits per heavy atom. The molecule has 0 N–H and O–H groups in total. The lowest BCUT2D eigenvalue weighted by Crippen LogP contribution is -2.42. The summed E-state index contributed by atoms with van der Waals surface area (Å²) >= 11 is 0. The average molecular weight is 168 g/mol. The summed E-state index contributed by atoms with van der Waals surface area (Å²) in [4.78, 5) is 0. The molecule has 0 heterocycles. The molecule has 1 aliphatic rings. The molecule has 12 heavy (non-hydrogen) atoms. The molecule has 1 rings (SSSR count). The van der Waals surface area contributed by atoms with Gasteiger partial charge in [-0.3, -0.25) is 0 Å². The normalized spacial score (nSPS) is 35.5. The van der Waals surface area contributed by atoms with Crippen molar-refractivity contribution in [3.63, 3.8) is 0 Å². The van der Waals surface area contributed by atoms with Gasteiger partial charge in [0.1, 0.15) is 0 Å². The first kappa shape index (κ1) is 10.1. The van der Waals surface area contributed by atoms with Gasteiger partial charge in [-0.15, -0.1) is 0 Å². The highest BCUT2D eigenvalue weighted by molar-refractivity contribution is 4.94. The van der Waals surface area contributed by atoms with E-state index in [4.69, 9.17) is 0 Å². The standard InChI is InChI=1S/C12H24/c1-10(2)12(5)9-7-6-8-11(12,3)4/h10H,6-9H2,1-5H3. The zero-order valence-electron chi connectivity index (χ0n) is 9.41. The second kappa shape index (κ2) is 3.05. The van der Waals surface area contributed by atoms with Crippen molar-refractivity contribution in [2.45, 2.75) is 60.3 Å². The summed E-state index contributed by atoms with van der Waals surface area (Å²) in [6.45, 7) is 12.1. The minimum absolute atomic E-state index is 0.555. The maximum Gasteiger partial charge on any atom is -0.0252 e. The van der Waals surface area contributed by atoms with Crippen molar-refractivity contribution in [2.75, 3.05) is 0 Å². The van der Waals surface area contributed by atoms with Crippen molar-refractivity contribution < 1.29 is 0 Å². The van der Waals surface area contributed by atoms with E-state index in [-0.39, 0.29) is 0 Å². The molecule has 1 atom stereocenters. The van der Waals surface area contributed by atoms with E-state index in [2.05, 4.69) is 34.6 Å². The van der Waals surface area contributed by atoms with Crippen LogP contribution in [0.15, 0.2) is 0 Å². The minimum Gasteiger partial charge on any atom is -0.0622 e. The Kier molecular flexibility index (Phi) is 2.56. The van der Waals surface area contributed by atoms with Gasteiger partial charge in [-0.1, -0.05) is 47.5 Å². The molecule has 0 radical (unpaired) electrons. The summed E-state index contributed by atoms with van der Waals surface area (Å²) in [6.07, 6.45) is 5.73. The summed E-state index contributed by atoms with van der Waals surface area (Å²) in [5.41, 5.74) is 1.13. The lowest BCUT2D eigenvalue weighted by molar-refractivity contribution is -0.00987. The molecule has 1 saturated carbocycles. The Labute approximate surface area is 77.7 Å². The van der Waals surface area contributed by atoms with Crippen molar-refractivity contribution in [3.05, 3.63) is 0 Å². The molecule has 0 amide bonds. The number of rotatable bonds is 1. The largest absolute Gasteiger partial charge is 0.0622 e. The second-order valence-electron chi connectivity index (χ2n) is 5.66. The van der Waals surface area contributed by atoms with E-state index in [0.29, 0.717) is 10.8 Å². The van der Waals surface area contributed by atoms with Gasteiger partial charge >= 0.3 is 0 Å². The Bertz CT molecular complexity index is 155. The fraction of sp³-hybridized carbons (Fsp3) is 1.00. The van der Waals surface area contributed by atoms with Gasteiger partial charge in [0.2, 0.25) is 0 Å². The number of hydrogen-bond acceptors (Lipinski definition) is 0. The van der Waals surface area contributed by atoms with Crippen molar-refractivity contribution in [2.24, 2.45) is 16.7 Å². The van der Waals surface area contributed by atoms with Gasteiger partial charge in [-0.25, -0.2) is 0 Å². The van der Waals surface area contributed by atoms with Gasteiger partial charge < -0.3 is 0 Å². The zero-order valence-corrected chi connectivity index (χ0v) is 9.41. The minimum atomic E-state index is 0.555. The Balaban J connectivity index is 2.84. The van der Waals surface area contributed by atoms with Crippen LogP contribution >= 0.6 is 0 Å². The Morgan fingerprint density at radius 2 is 1.42 bits per heavy atom. The van der Waals surface area contributed by atoms with Gasteiger partial charge in [0, 0.05) is 0 Å². The first-order chi connectivity index (χ1) is 5.40. The maximum absolute atomic E-state index is 2.48. The van der Waals surface area contributed by atoms with E-state index in [1.807, 2.05) is 0 Å². The summed E-state index contributed by atoms with van der Waals surface area (Å²) in [5, 5.41) is 0. The van der Waals surface area contributed by atoms with Gasteiger partial charge in [0.05, 0.1) is 0 Å². The van der Waals surface area contributed by atoms with Gasteiger partial charge in [0.15, 0.2) is 0 Å². The molecule has 0 nitrogen and oxygen atoms in total. The van der Waals surface area contributed by atoms with E-state index in [0.717, 1.165) is 5.92 Å². The fourth-order valence-corrected chi connectivity index (χ4v) is 2.75.